The van der Waals surface area contributed by atoms with Crippen molar-refractivity contribution in [1.29, 1.82) is 0 Å². The fourth-order valence-electron chi connectivity index (χ4n) is 5.78. The van der Waals surface area contributed by atoms with E-state index in [0.29, 0.717) is 17.9 Å². The van der Waals surface area contributed by atoms with Crippen LogP contribution in [-0.2, 0) is 11.8 Å². The lowest BCUT2D eigenvalue weighted by atomic mass is 9.93. The molecule has 0 unspecified atom stereocenters. The molecule has 0 aliphatic carbocycles. The molecule has 2 saturated heterocycles. The summed E-state index contributed by atoms with van der Waals surface area (Å²) in [6.45, 7) is 7.97. The monoisotopic (exact) mass is 472 g/mol. The van der Waals surface area contributed by atoms with Crippen molar-refractivity contribution in [3.63, 3.8) is 0 Å². The van der Waals surface area contributed by atoms with Crippen LogP contribution in [0.2, 0.25) is 0 Å². The molecule has 2 aliphatic heterocycles. The Kier molecular flexibility index (Phi) is 6.05. The molecular weight excluding hydrogens is 440 g/mol. The zero-order valence-electron chi connectivity index (χ0n) is 20.4. The Labute approximate surface area is 205 Å². The zero-order chi connectivity index (χ0) is 24.7. The van der Waals surface area contributed by atoms with Gasteiger partial charge in [0.1, 0.15) is 17.8 Å². The normalized spacial score (nSPS) is 20.4. The van der Waals surface area contributed by atoms with Gasteiger partial charge < -0.3 is 20.1 Å². The van der Waals surface area contributed by atoms with Gasteiger partial charge in [-0.25, -0.2) is 9.97 Å². The molecule has 0 saturated carbocycles. The average molecular weight is 473 g/mol. The maximum absolute atomic E-state index is 13.0. The Bertz CT molecular complexity index is 1290. The molecule has 2 aromatic heterocycles. The Morgan fingerprint density at radius 2 is 1.83 bits per heavy atom. The van der Waals surface area contributed by atoms with Crippen LogP contribution >= 0.6 is 0 Å². The molecule has 2 amide bonds. The molecular formula is C27H32N6O2. The van der Waals surface area contributed by atoms with Crippen LogP contribution in [0.5, 0.6) is 0 Å². The van der Waals surface area contributed by atoms with Crippen LogP contribution in [0.3, 0.4) is 0 Å². The lowest BCUT2D eigenvalue weighted by Crippen LogP contribution is -2.35. The highest BCUT2D eigenvalue weighted by molar-refractivity contribution is 6.03. The number of hydrogen-bond acceptors (Lipinski definition) is 5. The van der Waals surface area contributed by atoms with Crippen molar-refractivity contribution in [2.45, 2.75) is 44.6 Å². The van der Waals surface area contributed by atoms with E-state index in [1.54, 1.807) is 0 Å². The maximum atomic E-state index is 13.0. The summed E-state index contributed by atoms with van der Waals surface area (Å²) in [4.78, 5) is 38.0. The lowest BCUT2D eigenvalue weighted by Gasteiger charge is -2.26. The second kappa shape index (κ2) is 9.17. The van der Waals surface area contributed by atoms with Crippen molar-refractivity contribution in [2.24, 2.45) is 7.05 Å². The number of nitrogens with zero attached hydrogens (tertiary/aromatic N) is 5. The highest BCUT2D eigenvalue weighted by atomic mass is 16.2. The number of aromatic nitrogens is 3. The molecule has 3 aromatic rings. The summed E-state index contributed by atoms with van der Waals surface area (Å²) in [5.74, 6) is 0.559. The Balaban J connectivity index is 1.58. The van der Waals surface area contributed by atoms with Crippen LogP contribution in [0, 0.1) is 0 Å². The van der Waals surface area contributed by atoms with E-state index in [2.05, 4.69) is 28.0 Å². The summed E-state index contributed by atoms with van der Waals surface area (Å²) in [6.07, 6.45) is 7.00. The highest BCUT2D eigenvalue weighted by Crippen LogP contribution is 2.43. The number of piperidine rings is 1. The number of benzene rings is 1. The molecule has 8 nitrogen and oxygen atoms in total. The van der Waals surface area contributed by atoms with E-state index in [-0.39, 0.29) is 23.8 Å². The number of nitrogen functional groups attached to an aromatic ring is 1. The van der Waals surface area contributed by atoms with Crippen molar-refractivity contribution in [3.05, 3.63) is 54.5 Å². The Morgan fingerprint density at radius 3 is 2.51 bits per heavy atom. The molecule has 0 spiro atoms. The van der Waals surface area contributed by atoms with Gasteiger partial charge in [0.2, 0.25) is 5.91 Å². The molecule has 2 aliphatic rings. The first-order valence-electron chi connectivity index (χ1n) is 12.3. The molecule has 1 aromatic carbocycles. The first-order chi connectivity index (χ1) is 16.9. The van der Waals surface area contributed by atoms with E-state index in [1.165, 1.54) is 18.8 Å². The Hall–Kier alpha value is -3.68. The van der Waals surface area contributed by atoms with E-state index in [0.717, 1.165) is 60.2 Å². The molecule has 8 heteroatoms. The van der Waals surface area contributed by atoms with Gasteiger partial charge in [-0.2, -0.15) is 0 Å². The smallest absolute Gasteiger partial charge is 0.253 e. The SMILES string of the molecule is C=CC(=O)N1C[C@H](c2c(-c3ccc(C(=O)N4CCCCC4)cc3)c3c(N)ncnc3n2C)C[C@@H]1C. The van der Waals surface area contributed by atoms with Gasteiger partial charge in [-0.1, -0.05) is 18.7 Å². The second-order valence-corrected chi connectivity index (χ2v) is 9.68. The summed E-state index contributed by atoms with van der Waals surface area (Å²) in [5.41, 5.74) is 10.8. The van der Waals surface area contributed by atoms with E-state index in [4.69, 9.17) is 5.73 Å². The molecule has 4 heterocycles. The number of nitrogens with two attached hydrogens (primary N) is 1. The predicted octanol–water partition coefficient (Wildman–Crippen LogP) is 3.73. The summed E-state index contributed by atoms with van der Waals surface area (Å²) in [5, 5.41) is 0.807. The number of rotatable bonds is 4. The largest absolute Gasteiger partial charge is 0.383 e. The van der Waals surface area contributed by atoms with Crippen LogP contribution in [-0.4, -0.2) is 61.8 Å². The minimum Gasteiger partial charge on any atom is -0.383 e. The third-order valence-electron chi connectivity index (χ3n) is 7.52. The topological polar surface area (TPSA) is 97.3 Å². The number of hydrogen-bond donors (Lipinski definition) is 1. The minimum absolute atomic E-state index is 0.0554. The van der Waals surface area contributed by atoms with Gasteiger partial charge in [0, 0.05) is 55.5 Å². The van der Waals surface area contributed by atoms with Crippen LogP contribution < -0.4 is 5.73 Å². The van der Waals surface area contributed by atoms with Gasteiger partial charge in [-0.3, -0.25) is 9.59 Å². The quantitative estimate of drug-likeness (QED) is 0.584. The average Bonchev–Trinajstić information content (AvgIpc) is 3.41. The molecule has 2 fully saturated rings. The maximum Gasteiger partial charge on any atom is 0.253 e. The Morgan fingerprint density at radius 1 is 1.11 bits per heavy atom. The summed E-state index contributed by atoms with van der Waals surface area (Å²) in [6, 6.07) is 7.89. The fourth-order valence-corrected chi connectivity index (χ4v) is 5.78. The number of anilines is 1. The second-order valence-electron chi connectivity index (χ2n) is 9.68. The third-order valence-corrected chi connectivity index (χ3v) is 7.52. The van der Waals surface area contributed by atoms with Crippen LogP contribution in [0.1, 0.15) is 54.6 Å². The first-order valence-corrected chi connectivity index (χ1v) is 12.3. The van der Waals surface area contributed by atoms with Crippen molar-refractivity contribution in [2.75, 3.05) is 25.4 Å². The van der Waals surface area contributed by atoms with E-state index in [1.807, 2.05) is 41.1 Å². The number of likely N-dealkylation sites (tertiary alicyclic amines) is 2. The van der Waals surface area contributed by atoms with Crippen molar-refractivity contribution in [1.82, 2.24) is 24.3 Å². The van der Waals surface area contributed by atoms with Gasteiger partial charge in [-0.15, -0.1) is 0 Å². The number of carbonyl (C=O) groups is 2. The highest BCUT2D eigenvalue weighted by Gasteiger charge is 2.36. The molecule has 2 N–H and O–H groups in total. The molecule has 0 radical (unpaired) electrons. The summed E-state index contributed by atoms with van der Waals surface area (Å²) >= 11 is 0. The van der Waals surface area contributed by atoms with Crippen LogP contribution in [0.4, 0.5) is 5.82 Å². The van der Waals surface area contributed by atoms with Gasteiger partial charge >= 0.3 is 0 Å². The van der Waals surface area contributed by atoms with Gasteiger partial charge in [0.05, 0.1) is 5.39 Å². The molecule has 35 heavy (non-hydrogen) atoms. The van der Waals surface area contributed by atoms with Crippen molar-refractivity contribution in [3.8, 4) is 11.1 Å². The number of fused-ring (bicyclic) bond motifs is 1. The van der Waals surface area contributed by atoms with Crippen LogP contribution in [0.25, 0.3) is 22.2 Å². The molecule has 5 rings (SSSR count). The number of amides is 2. The number of carbonyl (C=O) groups excluding carboxylic acids is 2. The lowest BCUT2D eigenvalue weighted by molar-refractivity contribution is -0.126. The predicted molar refractivity (Wildman–Crippen MR) is 137 cm³/mol. The zero-order valence-corrected chi connectivity index (χ0v) is 20.4. The first kappa shape index (κ1) is 23.1. The van der Waals surface area contributed by atoms with Crippen LogP contribution in [0.15, 0.2) is 43.2 Å². The van der Waals surface area contributed by atoms with Gasteiger partial charge in [-0.05, 0) is 56.4 Å². The third kappa shape index (κ3) is 3.96. The molecule has 2 atom stereocenters. The van der Waals surface area contributed by atoms with E-state index in [9.17, 15) is 9.59 Å². The number of aryl methyl sites for hydroxylation is 1. The van der Waals surface area contributed by atoms with Gasteiger partial charge in [0.25, 0.3) is 5.91 Å². The molecule has 0 bridgehead atoms. The van der Waals surface area contributed by atoms with E-state index < -0.39 is 0 Å². The fraction of sp³-hybridized carbons (Fsp3) is 0.407. The minimum atomic E-state index is -0.0554. The standard InChI is InChI=1S/C27H32N6O2/c1-4-21(34)33-15-20(14-17(33)2)24-22(23-25(28)29-16-30-26(23)31(24)3)18-8-10-19(11-9-18)27(35)32-12-6-5-7-13-32/h4,8-11,16-17,20H,1,5-7,12-15H2,2-3H3,(H2,28,29,30)/t17-,20+/m0/s1. The summed E-state index contributed by atoms with van der Waals surface area (Å²) < 4.78 is 2.08. The molecule has 182 valence electrons. The van der Waals surface area contributed by atoms with E-state index >= 15 is 0 Å². The van der Waals surface area contributed by atoms with Crippen molar-refractivity contribution < 1.29 is 9.59 Å². The summed E-state index contributed by atoms with van der Waals surface area (Å²) in [7, 11) is 1.99. The van der Waals surface area contributed by atoms with Gasteiger partial charge in [0.15, 0.2) is 0 Å². The van der Waals surface area contributed by atoms with Crippen molar-refractivity contribution >= 4 is 28.7 Å².